The zero-order valence-electron chi connectivity index (χ0n) is 10.8. The summed E-state index contributed by atoms with van der Waals surface area (Å²) in [5, 5.41) is 3.11. The monoisotopic (exact) mass is 357 g/mol. The molecule has 0 atom stereocenters. The van der Waals surface area contributed by atoms with Gasteiger partial charge < -0.3 is 5.32 Å². The number of carbonyl (C=O) groups excluding carboxylic acids is 1. The van der Waals surface area contributed by atoms with Crippen LogP contribution in [0.5, 0.6) is 0 Å². The van der Waals surface area contributed by atoms with E-state index in [-0.39, 0.29) is 5.91 Å². The molecule has 1 aliphatic carbocycles. The van der Waals surface area contributed by atoms with Crippen LogP contribution in [0.25, 0.3) is 0 Å². The van der Waals surface area contributed by atoms with Crippen LogP contribution in [0.4, 0.5) is 0 Å². The Kier molecular flexibility index (Phi) is 4.65. The topological polar surface area (TPSA) is 29.1 Å². The molecule has 0 aromatic heterocycles. The SMILES string of the molecule is CCC1(CNC(=O)c2ccc(I)cc2)CCCC1. The number of hydrogen-bond donors (Lipinski definition) is 1. The molecule has 3 heteroatoms. The number of hydrogen-bond acceptors (Lipinski definition) is 1. The molecule has 1 aliphatic rings. The lowest BCUT2D eigenvalue weighted by atomic mass is 9.83. The second-order valence-electron chi connectivity index (χ2n) is 5.25. The Hall–Kier alpha value is -0.580. The van der Waals surface area contributed by atoms with Gasteiger partial charge in [0.2, 0.25) is 0 Å². The minimum Gasteiger partial charge on any atom is -0.351 e. The van der Waals surface area contributed by atoms with Crippen LogP contribution in [0.2, 0.25) is 0 Å². The van der Waals surface area contributed by atoms with Crippen molar-refractivity contribution in [3.05, 3.63) is 33.4 Å². The van der Waals surface area contributed by atoms with E-state index in [9.17, 15) is 4.79 Å². The van der Waals surface area contributed by atoms with Gasteiger partial charge in [0.05, 0.1) is 0 Å². The van der Waals surface area contributed by atoms with E-state index in [1.165, 1.54) is 32.1 Å². The van der Waals surface area contributed by atoms with Gasteiger partial charge in [0.1, 0.15) is 0 Å². The van der Waals surface area contributed by atoms with Crippen LogP contribution >= 0.6 is 22.6 Å². The smallest absolute Gasteiger partial charge is 0.251 e. The molecular weight excluding hydrogens is 337 g/mol. The Labute approximate surface area is 123 Å². The van der Waals surface area contributed by atoms with Crippen molar-refractivity contribution >= 4 is 28.5 Å². The van der Waals surface area contributed by atoms with Crippen molar-refractivity contribution in [2.45, 2.75) is 39.0 Å². The summed E-state index contributed by atoms with van der Waals surface area (Å²) in [7, 11) is 0. The summed E-state index contributed by atoms with van der Waals surface area (Å²) in [4.78, 5) is 12.1. The van der Waals surface area contributed by atoms with Crippen LogP contribution in [-0.2, 0) is 0 Å². The molecule has 1 fully saturated rings. The molecule has 2 rings (SSSR count). The van der Waals surface area contributed by atoms with Gasteiger partial charge in [0.25, 0.3) is 5.91 Å². The summed E-state index contributed by atoms with van der Waals surface area (Å²) in [5.74, 6) is 0.0612. The predicted molar refractivity (Wildman–Crippen MR) is 82.7 cm³/mol. The normalized spacial score (nSPS) is 17.7. The molecule has 0 radical (unpaired) electrons. The number of rotatable bonds is 4. The minimum atomic E-state index is 0.0612. The Balaban J connectivity index is 1.93. The lowest BCUT2D eigenvalue weighted by Gasteiger charge is -2.27. The second-order valence-corrected chi connectivity index (χ2v) is 6.50. The quantitative estimate of drug-likeness (QED) is 0.812. The number of amides is 1. The first-order chi connectivity index (χ1) is 8.65. The average molecular weight is 357 g/mol. The molecule has 1 aromatic rings. The van der Waals surface area contributed by atoms with Crippen molar-refractivity contribution in [1.82, 2.24) is 5.32 Å². The van der Waals surface area contributed by atoms with E-state index in [2.05, 4.69) is 34.8 Å². The molecule has 0 unspecified atom stereocenters. The highest BCUT2D eigenvalue weighted by molar-refractivity contribution is 14.1. The van der Waals surface area contributed by atoms with E-state index >= 15 is 0 Å². The third kappa shape index (κ3) is 3.25. The number of halogens is 1. The molecule has 0 saturated heterocycles. The summed E-state index contributed by atoms with van der Waals surface area (Å²) in [5.41, 5.74) is 1.12. The van der Waals surface area contributed by atoms with E-state index in [0.717, 1.165) is 15.7 Å². The van der Waals surface area contributed by atoms with Crippen LogP contribution in [-0.4, -0.2) is 12.5 Å². The molecule has 0 heterocycles. The molecule has 98 valence electrons. The average Bonchev–Trinajstić information content (AvgIpc) is 2.86. The Morgan fingerprint density at radius 2 is 1.89 bits per heavy atom. The highest BCUT2D eigenvalue weighted by Gasteiger charge is 2.32. The molecule has 0 bridgehead atoms. The highest BCUT2D eigenvalue weighted by Crippen LogP contribution is 2.40. The third-order valence-electron chi connectivity index (χ3n) is 4.14. The first-order valence-corrected chi connectivity index (χ1v) is 7.77. The zero-order chi connectivity index (χ0) is 13.0. The zero-order valence-corrected chi connectivity index (χ0v) is 13.0. The Bertz CT molecular complexity index is 407. The lowest BCUT2D eigenvalue weighted by Crippen LogP contribution is -2.35. The van der Waals surface area contributed by atoms with Crippen molar-refractivity contribution in [2.75, 3.05) is 6.54 Å². The van der Waals surface area contributed by atoms with Crippen LogP contribution in [0.3, 0.4) is 0 Å². The van der Waals surface area contributed by atoms with Crippen LogP contribution < -0.4 is 5.32 Å². The molecule has 1 aromatic carbocycles. The molecule has 1 amide bonds. The van der Waals surface area contributed by atoms with E-state index in [0.29, 0.717) is 5.41 Å². The van der Waals surface area contributed by atoms with Crippen molar-refractivity contribution < 1.29 is 4.79 Å². The van der Waals surface area contributed by atoms with Crippen molar-refractivity contribution in [2.24, 2.45) is 5.41 Å². The van der Waals surface area contributed by atoms with Crippen molar-refractivity contribution in [1.29, 1.82) is 0 Å². The number of carbonyl (C=O) groups is 1. The minimum absolute atomic E-state index is 0.0612. The number of benzene rings is 1. The standard InChI is InChI=1S/C15H20INO/c1-2-15(9-3-4-10-15)11-17-14(18)12-5-7-13(16)8-6-12/h5-8H,2-4,9-11H2,1H3,(H,17,18). The van der Waals surface area contributed by atoms with Crippen LogP contribution in [0.15, 0.2) is 24.3 Å². The summed E-state index contributed by atoms with van der Waals surface area (Å²) >= 11 is 2.25. The van der Waals surface area contributed by atoms with Gasteiger partial charge in [-0.05, 0) is 71.5 Å². The molecule has 0 spiro atoms. The fourth-order valence-electron chi connectivity index (χ4n) is 2.75. The summed E-state index contributed by atoms with van der Waals surface area (Å²) in [6.07, 6.45) is 6.31. The predicted octanol–water partition coefficient (Wildman–Crippen LogP) is 3.99. The molecule has 18 heavy (non-hydrogen) atoms. The maximum absolute atomic E-state index is 12.1. The van der Waals surface area contributed by atoms with E-state index < -0.39 is 0 Å². The van der Waals surface area contributed by atoms with Gasteiger partial charge in [0, 0.05) is 15.7 Å². The summed E-state index contributed by atoms with van der Waals surface area (Å²) < 4.78 is 1.16. The van der Waals surface area contributed by atoms with Gasteiger partial charge in [-0.1, -0.05) is 19.8 Å². The van der Waals surface area contributed by atoms with Crippen molar-refractivity contribution in [3.8, 4) is 0 Å². The largest absolute Gasteiger partial charge is 0.351 e. The molecule has 0 aliphatic heterocycles. The molecule has 1 N–H and O–H groups in total. The maximum atomic E-state index is 12.1. The maximum Gasteiger partial charge on any atom is 0.251 e. The van der Waals surface area contributed by atoms with Gasteiger partial charge in [-0.15, -0.1) is 0 Å². The fraction of sp³-hybridized carbons (Fsp3) is 0.533. The summed E-state index contributed by atoms with van der Waals surface area (Å²) in [6.45, 7) is 3.07. The van der Waals surface area contributed by atoms with Crippen LogP contribution in [0, 0.1) is 8.99 Å². The molecular formula is C15H20INO. The van der Waals surface area contributed by atoms with E-state index in [1.807, 2.05) is 24.3 Å². The molecule has 1 saturated carbocycles. The Morgan fingerprint density at radius 1 is 1.28 bits per heavy atom. The second kappa shape index (κ2) is 6.04. The third-order valence-corrected chi connectivity index (χ3v) is 4.86. The highest BCUT2D eigenvalue weighted by atomic mass is 127. The van der Waals surface area contributed by atoms with Gasteiger partial charge in [-0.2, -0.15) is 0 Å². The fourth-order valence-corrected chi connectivity index (χ4v) is 3.11. The lowest BCUT2D eigenvalue weighted by molar-refractivity contribution is 0.0929. The van der Waals surface area contributed by atoms with Gasteiger partial charge in [-0.25, -0.2) is 0 Å². The number of nitrogens with one attached hydrogen (secondary N) is 1. The van der Waals surface area contributed by atoms with Crippen LogP contribution in [0.1, 0.15) is 49.4 Å². The van der Waals surface area contributed by atoms with Gasteiger partial charge in [0.15, 0.2) is 0 Å². The first-order valence-electron chi connectivity index (χ1n) is 6.69. The Morgan fingerprint density at radius 3 is 2.44 bits per heavy atom. The van der Waals surface area contributed by atoms with E-state index in [1.54, 1.807) is 0 Å². The van der Waals surface area contributed by atoms with Gasteiger partial charge in [-0.3, -0.25) is 4.79 Å². The van der Waals surface area contributed by atoms with E-state index in [4.69, 9.17) is 0 Å². The first kappa shape index (κ1) is 13.8. The summed E-state index contributed by atoms with van der Waals surface area (Å²) in [6, 6.07) is 7.73. The van der Waals surface area contributed by atoms with Crippen molar-refractivity contribution in [3.63, 3.8) is 0 Å². The molecule has 2 nitrogen and oxygen atoms in total. The van der Waals surface area contributed by atoms with Gasteiger partial charge >= 0.3 is 0 Å².